The number of nitrogens with zero attached hydrogens (tertiary/aromatic N) is 1. The van der Waals surface area contributed by atoms with Crippen LogP contribution in [0.5, 0.6) is 0 Å². The second-order valence-corrected chi connectivity index (χ2v) is 6.05. The molecule has 1 saturated heterocycles. The van der Waals surface area contributed by atoms with Crippen LogP contribution in [0.4, 0.5) is 0 Å². The lowest BCUT2D eigenvalue weighted by Crippen LogP contribution is -2.30. The molecule has 1 fully saturated rings. The van der Waals surface area contributed by atoms with Gasteiger partial charge in [0.2, 0.25) is 0 Å². The van der Waals surface area contributed by atoms with E-state index in [0.717, 1.165) is 43.6 Å². The zero-order valence-corrected chi connectivity index (χ0v) is 12.9. The summed E-state index contributed by atoms with van der Waals surface area (Å²) in [5, 5.41) is 3.15. The smallest absolute Gasteiger partial charge is 0.254 e. The van der Waals surface area contributed by atoms with Crippen molar-refractivity contribution in [3.8, 4) is 0 Å². The van der Waals surface area contributed by atoms with Gasteiger partial charge in [-0.1, -0.05) is 32.0 Å². The molecule has 1 unspecified atom stereocenters. The SMILES string of the molecule is CNCCc1ccccc1C(=O)N1CCC(C(C)C)C1. The Morgan fingerprint density at radius 3 is 2.80 bits per heavy atom. The fraction of sp³-hybridized carbons (Fsp3) is 0.588. The summed E-state index contributed by atoms with van der Waals surface area (Å²) in [5.41, 5.74) is 2.03. The molecule has 1 aromatic rings. The highest BCUT2D eigenvalue weighted by Gasteiger charge is 2.29. The highest BCUT2D eigenvalue weighted by atomic mass is 16.2. The molecule has 3 heteroatoms. The summed E-state index contributed by atoms with van der Waals surface area (Å²) in [7, 11) is 1.94. The van der Waals surface area contributed by atoms with Crippen molar-refractivity contribution in [3.05, 3.63) is 35.4 Å². The molecule has 0 saturated carbocycles. The van der Waals surface area contributed by atoms with E-state index in [1.807, 2.05) is 30.1 Å². The Bertz CT molecular complexity index is 456. The molecule has 0 spiro atoms. The van der Waals surface area contributed by atoms with E-state index in [9.17, 15) is 4.79 Å². The van der Waals surface area contributed by atoms with Gasteiger partial charge >= 0.3 is 0 Å². The predicted molar refractivity (Wildman–Crippen MR) is 82.9 cm³/mol. The first-order valence-electron chi connectivity index (χ1n) is 7.65. The van der Waals surface area contributed by atoms with Gasteiger partial charge in [-0.15, -0.1) is 0 Å². The predicted octanol–water partition coefficient (Wildman–Crippen LogP) is 2.57. The summed E-state index contributed by atoms with van der Waals surface area (Å²) in [5.74, 6) is 1.52. The monoisotopic (exact) mass is 274 g/mol. The second-order valence-electron chi connectivity index (χ2n) is 6.05. The van der Waals surface area contributed by atoms with E-state index in [1.165, 1.54) is 0 Å². The normalized spacial score (nSPS) is 18.8. The third-order valence-electron chi connectivity index (χ3n) is 4.35. The average Bonchev–Trinajstić information content (AvgIpc) is 2.94. The third-order valence-corrected chi connectivity index (χ3v) is 4.35. The van der Waals surface area contributed by atoms with Crippen molar-refractivity contribution in [1.29, 1.82) is 0 Å². The van der Waals surface area contributed by atoms with Crippen LogP contribution in [0, 0.1) is 11.8 Å². The molecule has 1 aliphatic heterocycles. The summed E-state index contributed by atoms with van der Waals surface area (Å²) >= 11 is 0. The molecule has 1 heterocycles. The standard InChI is InChI=1S/C17H26N2O/c1-13(2)15-9-11-19(12-15)17(20)16-7-5-4-6-14(16)8-10-18-3/h4-7,13,15,18H,8-12H2,1-3H3. The topological polar surface area (TPSA) is 32.3 Å². The summed E-state index contributed by atoms with van der Waals surface area (Å²) in [4.78, 5) is 14.7. The van der Waals surface area contributed by atoms with Crippen LogP contribution in [-0.2, 0) is 6.42 Å². The molecule has 1 aliphatic rings. The second kappa shape index (κ2) is 6.89. The highest BCUT2D eigenvalue weighted by molar-refractivity contribution is 5.95. The Labute approximate surface area is 122 Å². The van der Waals surface area contributed by atoms with Gasteiger partial charge in [0.15, 0.2) is 0 Å². The first-order valence-corrected chi connectivity index (χ1v) is 7.65. The number of rotatable bonds is 5. The number of hydrogen-bond donors (Lipinski definition) is 1. The first-order chi connectivity index (χ1) is 9.63. The zero-order chi connectivity index (χ0) is 14.5. The highest BCUT2D eigenvalue weighted by Crippen LogP contribution is 2.25. The number of likely N-dealkylation sites (N-methyl/N-ethyl adjacent to an activating group) is 1. The van der Waals surface area contributed by atoms with Gasteiger partial charge in [-0.05, 0) is 49.9 Å². The quantitative estimate of drug-likeness (QED) is 0.895. The van der Waals surface area contributed by atoms with E-state index in [2.05, 4.69) is 25.2 Å². The van der Waals surface area contributed by atoms with Crippen LogP contribution in [0.3, 0.4) is 0 Å². The van der Waals surface area contributed by atoms with Crippen LogP contribution in [0.1, 0.15) is 36.2 Å². The molecule has 20 heavy (non-hydrogen) atoms. The Hall–Kier alpha value is -1.35. The van der Waals surface area contributed by atoms with Crippen molar-refractivity contribution >= 4 is 5.91 Å². The molecule has 3 nitrogen and oxygen atoms in total. The zero-order valence-electron chi connectivity index (χ0n) is 12.9. The van der Waals surface area contributed by atoms with Crippen LogP contribution in [0.15, 0.2) is 24.3 Å². The van der Waals surface area contributed by atoms with E-state index in [-0.39, 0.29) is 5.91 Å². The van der Waals surface area contributed by atoms with Gasteiger partial charge in [0.25, 0.3) is 5.91 Å². The van der Waals surface area contributed by atoms with Crippen molar-refractivity contribution in [1.82, 2.24) is 10.2 Å². The lowest BCUT2D eigenvalue weighted by atomic mass is 9.95. The minimum Gasteiger partial charge on any atom is -0.338 e. The van der Waals surface area contributed by atoms with Crippen LogP contribution >= 0.6 is 0 Å². The first kappa shape index (κ1) is 15.0. The Kier molecular flexibility index (Phi) is 5.18. The molecule has 1 atom stereocenters. The summed E-state index contributed by atoms with van der Waals surface area (Å²) in [6.45, 7) is 7.22. The van der Waals surface area contributed by atoms with Gasteiger partial charge in [0.05, 0.1) is 0 Å². The lowest BCUT2D eigenvalue weighted by molar-refractivity contribution is 0.0783. The van der Waals surface area contributed by atoms with Crippen molar-refractivity contribution in [2.45, 2.75) is 26.7 Å². The molecular weight excluding hydrogens is 248 g/mol. The van der Waals surface area contributed by atoms with Crippen molar-refractivity contribution in [2.75, 3.05) is 26.7 Å². The summed E-state index contributed by atoms with van der Waals surface area (Å²) in [6.07, 6.45) is 2.04. The fourth-order valence-electron chi connectivity index (χ4n) is 2.89. The van der Waals surface area contributed by atoms with Crippen LogP contribution in [0.2, 0.25) is 0 Å². The number of carbonyl (C=O) groups is 1. The average molecular weight is 274 g/mol. The van der Waals surface area contributed by atoms with Crippen LogP contribution < -0.4 is 5.32 Å². The molecule has 110 valence electrons. The molecule has 0 bridgehead atoms. The Morgan fingerprint density at radius 1 is 1.40 bits per heavy atom. The van der Waals surface area contributed by atoms with E-state index in [4.69, 9.17) is 0 Å². The number of amides is 1. The van der Waals surface area contributed by atoms with Crippen molar-refractivity contribution in [2.24, 2.45) is 11.8 Å². The van der Waals surface area contributed by atoms with Gasteiger partial charge in [-0.2, -0.15) is 0 Å². The molecule has 1 N–H and O–H groups in total. The number of likely N-dealkylation sites (tertiary alicyclic amines) is 1. The number of benzene rings is 1. The molecule has 0 radical (unpaired) electrons. The molecule has 1 amide bonds. The number of hydrogen-bond acceptors (Lipinski definition) is 2. The minimum atomic E-state index is 0.208. The number of nitrogens with one attached hydrogen (secondary N) is 1. The van der Waals surface area contributed by atoms with Gasteiger partial charge < -0.3 is 10.2 Å². The van der Waals surface area contributed by atoms with Gasteiger partial charge in [0.1, 0.15) is 0 Å². The van der Waals surface area contributed by atoms with E-state index in [0.29, 0.717) is 11.8 Å². The van der Waals surface area contributed by atoms with Crippen molar-refractivity contribution in [3.63, 3.8) is 0 Å². The minimum absolute atomic E-state index is 0.208. The molecule has 0 aromatic heterocycles. The maximum absolute atomic E-state index is 12.7. The largest absolute Gasteiger partial charge is 0.338 e. The van der Waals surface area contributed by atoms with E-state index >= 15 is 0 Å². The Morgan fingerprint density at radius 2 is 2.15 bits per heavy atom. The number of carbonyl (C=O) groups excluding carboxylic acids is 1. The molecule has 0 aliphatic carbocycles. The molecular formula is C17H26N2O. The maximum atomic E-state index is 12.7. The summed E-state index contributed by atoms with van der Waals surface area (Å²) < 4.78 is 0. The van der Waals surface area contributed by atoms with Crippen LogP contribution in [0.25, 0.3) is 0 Å². The van der Waals surface area contributed by atoms with Gasteiger partial charge in [-0.25, -0.2) is 0 Å². The van der Waals surface area contributed by atoms with E-state index < -0.39 is 0 Å². The van der Waals surface area contributed by atoms with Gasteiger partial charge in [-0.3, -0.25) is 4.79 Å². The Balaban J connectivity index is 2.09. The fourth-order valence-corrected chi connectivity index (χ4v) is 2.89. The molecule has 2 rings (SSSR count). The third kappa shape index (κ3) is 3.40. The van der Waals surface area contributed by atoms with Gasteiger partial charge in [0, 0.05) is 18.7 Å². The van der Waals surface area contributed by atoms with E-state index in [1.54, 1.807) is 0 Å². The maximum Gasteiger partial charge on any atom is 0.254 e. The lowest BCUT2D eigenvalue weighted by Gasteiger charge is -2.19. The van der Waals surface area contributed by atoms with Crippen molar-refractivity contribution < 1.29 is 4.79 Å². The molecule has 1 aromatic carbocycles. The van der Waals surface area contributed by atoms with Crippen LogP contribution in [-0.4, -0.2) is 37.5 Å². The summed E-state index contributed by atoms with van der Waals surface area (Å²) in [6, 6.07) is 8.02.